The van der Waals surface area contributed by atoms with Crippen molar-refractivity contribution in [2.75, 3.05) is 13.1 Å². The Bertz CT molecular complexity index is 522. The van der Waals surface area contributed by atoms with Crippen molar-refractivity contribution in [1.29, 1.82) is 0 Å². The lowest BCUT2D eigenvalue weighted by atomic mass is 10.1. The maximum absolute atomic E-state index is 12.8. The highest BCUT2D eigenvalue weighted by Gasteiger charge is 2.26. The lowest BCUT2D eigenvalue weighted by Gasteiger charge is -2.32. The van der Waals surface area contributed by atoms with Crippen molar-refractivity contribution in [1.82, 2.24) is 9.80 Å². The molecule has 0 N–H and O–H groups in total. The predicted molar refractivity (Wildman–Crippen MR) is 96.4 cm³/mol. The van der Waals surface area contributed by atoms with Crippen LogP contribution in [0.5, 0.6) is 0 Å². The Labute approximate surface area is 145 Å². The molecule has 0 heterocycles. The molecule has 1 fully saturated rings. The molecule has 24 heavy (non-hydrogen) atoms. The number of nitrogens with zero attached hydrogens (tertiary/aromatic N) is 2. The number of likely N-dealkylation sites (N-methyl/N-ethyl adjacent to an activating group) is 1. The van der Waals surface area contributed by atoms with Crippen molar-refractivity contribution in [2.45, 2.75) is 65.0 Å². The van der Waals surface area contributed by atoms with Gasteiger partial charge in [-0.25, -0.2) is 0 Å². The summed E-state index contributed by atoms with van der Waals surface area (Å²) in [6.45, 7) is 5.05. The first-order valence-corrected chi connectivity index (χ1v) is 9.20. The van der Waals surface area contributed by atoms with Gasteiger partial charge in [0.15, 0.2) is 0 Å². The molecule has 0 bridgehead atoms. The number of carbonyl (C=O) groups is 2. The quantitative estimate of drug-likeness (QED) is 0.748. The van der Waals surface area contributed by atoms with E-state index in [2.05, 4.69) is 0 Å². The Kier molecular flexibility index (Phi) is 7.29. The van der Waals surface area contributed by atoms with Crippen molar-refractivity contribution in [2.24, 2.45) is 0 Å². The molecule has 1 saturated carbocycles. The van der Waals surface area contributed by atoms with E-state index in [4.69, 9.17) is 0 Å². The Morgan fingerprint density at radius 2 is 1.67 bits per heavy atom. The molecule has 4 nitrogen and oxygen atoms in total. The summed E-state index contributed by atoms with van der Waals surface area (Å²) < 4.78 is 0. The van der Waals surface area contributed by atoms with Gasteiger partial charge in [-0.15, -0.1) is 0 Å². The van der Waals surface area contributed by atoms with E-state index >= 15 is 0 Å². The van der Waals surface area contributed by atoms with E-state index in [1.54, 1.807) is 11.8 Å². The molecule has 1 aliphatic carbocycles. The van der Waals surface area contributed by atoms with Crippen LogP contribution >= 0.6 is 0 Å². The van der Waals surface area contributed by atoms with Crippen LogP contribution < -0.4 is 0 Å². The number of hydrogen-bond donors (Lipinski definition) is 0. The second-order valence-corrected chi connectivity index (χ2v) is 6.69. The zero-order valence-corrected chi connectivity index (χ0v) is 15.0. The van der Waals surface area contributed by atoms with Crippen molar-refractivity contribution in [3.63, 3.8) is 0 Å². The molecule has 2 amide bonds. The zero-order chi connectivity index (χ0) is 17.4. The smallest absolute Gasteiger partial charge is 0.242 e. The van der Waals surface area contributed by atoms with Gasteiger partial charge in [-0.2, -0.15) is 0 Å². The van der Waals surface area contributed by atoms with E-state index in [-0.39, 0.29) is 24.4 Å². The standard InChI is InChI=1S/C20H30N2O2/c1-3-21(15-18-11-7-6-8-12-18)20(24)16-22(17(2)23)19-13-9-4-5-10-14-19/h6-8,11-12,19H,3-5,9-10,13-16H2,1-2H3. The highest BCUT2D eigenvalue weighted by molar-refractivity contribution is 5.84. The number of rotatable bonds is 6. The number of benzene rings is 1. The highest BCUT2D eigenvalue weighted by atomic mass is 16.2. The fourth-order valence-corrected chi connectivity index (χ4v) is 3.49. The first kappa shape index (κ1) is 18.5. The topological polar surface area (TPSA) is 40.6 Å². The van der Waals surface area contributed by atoms with Crippen LogP contribution in [0.4, 0.5) is 0 Å². The third-order valence-corrected chi connectivity index (χ3v) is 4.93. The van der Waals surface area contributed by atoms with Crippen LogP contribution in [0.1, 0.15) is 57.9 Å². The molecule has 2 rings (SSSR count). The zero-order valence-electron chi connectivity index (χ0n) is 15.0. The molecule has 0 saturated heterocycles. The van der Waals surface area contributed by atoms with E-state index in [1.807, 2.05) is 42.2 Å². The van der Waals surface area contributed by atoms with Crippen LogP contribution in [-0.4, -0.2) is 40.7 Å². The lowest BCUT2D eigenvalue weighted by Crippen LogP contribution is -2.46. The molecule has 1 aromatic carbocycles. The van der Waals surface area contributed by atoms with Crippen LogP contribution in [0.3, 0.4) is 0 Å². The molecule has 1 aromatic rings. The highest BCUT2D eigenvalue weighted by Crippen LogP contribution is 2.22. The van der Waals surface area contributed by atoms with E-state index < -0.39 is 0 Å². The Morgan fingerprint density at radius 3 is 2.21 bits per heavy atom. The van der Waals surface area contributed by atoms with Gasteiger partial charge < -0.3 is 9.80 Å². The van der Waals surface area contributed by atoms with Gasteiger partial charge in [0.25, 0.3) is 0 Å². The Balaban J connectivity index is 2.01. The lowest BCUT2D eigenvalue weighted by molar-refractivity contribution is -0.141. The molecule has 0 unspecified atom stereocenters. The summed E-state index contributed by atoms with van der Waals surface area (Å²) in [7, 11) is 0. The molecule has 0 aliphatic heterocycles. The predicted octanol–water partition coefficient (Wildman–Crippen LogP) is 3.61. The van der Waals surface area contributed by atoms with Crippen LogP contribution in [0.15, 0.2) is 30.3 Å². The van der Waals surface area contributed by atoms with Gasteiger partial charge in [-0.3, -0.25) is 9.59 Å². The molecule has 0 radical (unpaired) electrons. The van der Waals surface area contributed by atoms with Gasteiger partial charge in [-0.05, 0) is 25.3 Å². The van der Waals surface area contributed by atoms with Gasteiger partial charge in [0.05, 0.1) is 6.54 Å². The van der Waals surface area contributed by atoms with Gasteiger partial charge in [0.1, 0.15) is 0 Å². The van der Waals surface area contributed by atoms with E-state index in [9.17, 15) is 9.59 Å². The monoisotopic (exact) mass is 330 g/mol. The second kappa shape index (κ2) is 9.45. The van der Waals surface area contributed by atoms with Crippen molar-refractivity contribution >= 4 is 11.8 Å². The minimum Gasteiger partial charge on any atom is -0.337 e. The fourth-order valence-electron chi connectivity index (χ4n) is 3.49. The van der Waals surface area contributed by atoms with E-state index in [0.29, 0.717) is 13.1 Å². The molecule has 1 aliphatic rings. The van der Waals surface area contributed by atoms with Gasteiger partial charge in [0, 0.05) is 26.1 Å². The van der Waals surface area contributed by atoms with Gasteiger partial charge in [0.2, 0.25) is 11.8 Å². The number of amides is 2. The van der Waals surface area contributed by atoms with Gasteiger partial charge in [-0.1, -0.05) is 56.0 Å². The van der Waals surface area contributed by atoms with E-state index in [1.165, 1.54) is 12.8 Å². The summed E-state index contributed by atoms with van der Waals surface area (Å²) in [4.78, 5) is 28.5. The Morgan fingerprint density at radius 1 is 1.04 bits per heavy atom. The van der Waals surface area contributed by atoms with Crippen LogP contribution in [0, 0.1) is 0 Å². The molecule has 0 spiro atoms. The molecular formula is C20H30N2O2. The molecule has 132 valence electrons. The summed E-state index contributed by atoms with van der Waals surface area (Å²) in [6, 6.07) is 10.2. The first-order valence-electron chi connectivity index (χ1n) is 9.20. The normalized spacial score (nSPS) is 15.6. The summed E-state index contributed by atoms with van der Waals surface area (Å²) in [6.07, 6.45) is 6.85. The molecular weight excluding hydrogens is 300 g/mol. The maximum Gasteiger partial charge on any atom is 0.242 e. The summed E-state index contributed by atoms with van der Waals surface area (Å²) in [5.41, 5.74) is 1.12. The largest absolute Gasteiger partial charge is 0.337 e. The molecule has 0 aromatic heterocycles. The number of carbonyl (C=O) groups excluding carboxylic acids is 2. The minimum atomic E-state index is 0.0195. The molecule has 0 atom stereocenters. The third kappa shape index (κ3) is 5.36. The summed E-state index contributed by atoms with van der Waals surface area (Å²) >= 11 is 0. The average Bonchev–Trinajstić information content (AvgIpc) is 2.87. The maximum atomic E-state index is 12.8. The van der Waals surface area contributed by atoms with Crippen LogP contribution in [-0.2, 0) is 16.1 Å². The number of hydrogen-bond acceptors (Lipinski definition) is 2. The molecule has 4 heteroatoms. The van der Waals surface area contributed by atoms with Crippen LogP contribution in [0.2, 0.25) is 0 Å². The van der Waals surface area contributed by atoms with Crippen molar-refractivity contribution in [3.05, 3.63) is 35.9 Å². The summed E-state index contributed by atoms with van der Waals surface area (Å²) in [5, 5.41) is 0. The van der Waals surface area contributed by atoms with Crippen molar-refractivity contribution < 1.29 is 9.59 Å². The third-order valence-electron chi connectivity index (χ3n) is 4.93. The fraction of sp³-hybridized carbons (Fsp3) is 0.600. The Hall–Kier alpha value is -1.84. The van der Waals surface area contributed by atoms with E-state index in [0.717, 1.165) is 31.2 Å². The van der Waals surface area contributed by atoms with Crippen LogP contribution in [0.25, 0.3) is 0 Å². The second-order valence-electron chi connectivity index (χ2n) is 6.69. The first-order chi connectivity index (χ1) is 11.6. The minimum absolute atomic E-state index is 0.0195. The SMILES string of the molecule is CCN(Cc1ccccc1)C(=O)CN(C(C)=O)C1CCCCCC1. The average molecular weight is 330 g/mol. The van der Waals surface area contributed by atoms with Crippen molar-refractivity contribution in [3.8, 4) is 0 Å². The summed E-state index contributed by atoms with van der Waals surface area (Å²) in [5.74, 6) is 0.0619. The van der Waals surface area contributed by atoms with Gasteiger partial charge >= 0.3 is 0 Å².